The highest BCUT2D eigenvalue weighted by Gasteiger charge is 2.23. The minimum atomic E-state index is -0.445. The summed E-state index contributed by atoms with van der Waals surface area (Å²) in [4.78, 5) is 14.2. The summed E-state index contributed by atoms with van der Waals surface area (Å²) in [5, 5.41) is 23.7. The van der Waals surface area contributed by atoms with Crippen molar-refractivity contribution in [1.29, 1.82) is 0 Å². The zero-order valence-electron chi connectivity index (χ0n) is 11.0. The van der Waals surface area contributed by atoms with Crippen molar-refractivity contribution in [2.24, 2.45) is 5.92 Å². The van der Waals surface area contributed by atoms with Crippen LogP contribution in [0.25, 0.3) is 0 Å². The number of nitro groups is 1. The summed E-state index contributed by atoms with van der Waals surface area (Å²) in [7, 11) is 0. The van der Waals surface area contributed by atoms with E-state index in [2.05, 4.69) is 10.3 Å². The fourth-order valence-corrected chi connectivity index (χ4v) is 2.55. The van der Waals surface area contributed by atoms with Crippen LogP contribution in [0.15, 0.2) is 12.3 Å². The number of nitrogens with zero attached hydrogens (tertiary/aromatic N) is 2. The van der Waals surface area contributed by atoms with Crippen molar-refractivity contribution in [3.8, 4) is 0 Å². The zero-order valence-corrected chi connectivity index (χ0v) is 11.0. The first-order valence-corrected chi connectivity index (χ1v) is 6.61. The van der Waals surface area contributed by atoms with E-state index in [0.717, 1.165) is 12.8 Å². The molecule has 2 N–H and O–H groups in total. The minimum absolute atomic E-state index is 0.0156. The molecule has 0 bridgehead atoms. The standard InChI is InChI=1S/C13H19N3O3/c1-9-6-13(14-7-11(9)16(18)19)15-8-12(17)10-4-2-3-5-10/h6-7,10,12,17H,2-5,8H2,1H3,(H,14,15). The van der Waals surface area contributed by atoms with Crippen molar-refractivity contribution in [2.45, 2.75) is 38.7 Å². The van der Waals surface area contributed by atoms with E-state index < -0.39 is 4.92 Å². The highest BCUT2D eigenvalue weighted by molar-refractivity contribution is 5.46. The van der Waals surface area contributed by atoms with Crippen molar-refractivity contribution in [1.82, 2.24) is 4.98 Å². The number of aryl methyl sites for hydroxylation is 1. The number of pyridine rings is 1. The molecule has 19 heavy (non-hydrogen) atoms. The summed E-state index contributed by atoms with van der Waals surface area (Å²) in [6, 6.07) is 1.64. The van der Waals surface area contributed by atoms with Gasteiger partial charge in [-0.25, -0.2) is 4.98 Å². The Kier molecular flexibility index (Phi) is 4.31. The first-order valence-electron chi connectivity index (χ1n) is 6.61. The van der Waals surface area contributed by atoms with Gasteiger partial charge in [0.05, 0.1) is 11.0 Å². The molecule has 1 aliphatic carbocycles. The monoisotopic (exact) mass is 265 g/mol. The fourth-order valence-electron chi connectivity index (χ4n) is 2.55. The number of nitrogens with one attached hydrogen (secondary N) is 1. The molecule has 1 saturated carbocycles. The van der Waals surface area contributed by atoms with Crippen LogP contribution in [0.4, 0.5) is 11.5 Å². The van der Waals surface area contributed by atoms with Gasteiger partial charge in [0.25, 0.3) is 5.69 Å². The fraction of sp³-hybridized carbons (Fsp3) is 0.615. The molecule has 0 aliphatic heterocycles. The lowest BCUT2D eigenvalue weighted by molar-refractivity contribution is -0.385. The number of aliphatic hydroxyl groups is 1. The van der Waals surface area contributed by atoms with E-state index in [0.29, 0.717) is 23.8 Å². The predicted molar refractivity (Wildman–Crippen MR) is 72.1 cm³/mol. The molecular formula is C13H19N3O3. The Balaban J connectivity index is 1.92. The van der Waals surface area contributed by atoms with Crippen molar-refractivity contribution in [3.05, 3.63) is 27.9 Å². The van der Waals surface area contributed by atoms with Gasteiger partial charge in [-0.2, -0.15) is 0 Å². The Bertz CT molecular complexity index is 458. The number of rotatable bonds is 5. The second-order valence-electron chi connectivity index (χ2n) is 5.11. The summed E-state index contributed by atoms with van der Waals surface area (Å²) >= 11 is 0. The maximum Gasteiger partial charge on any atom is 0.290 e. The second-order valence-corrected chi connectivity index (χ2v) is 5.11. The van der Waals surface area contributed by atoms with Gasteiger partial charge in [-0.15, -0.1) is 0 Å². The van der Waals surface area contributed by atoms with Crippen molar-refractivity contribution >= 4 is 11.5 Å². The third-order valence-electron chi connectivity index (χ3n) is 3.72. The molecule has 0 saturated heterocycles. The highest BCUT2D eigenvalue weighted by Crippen LogP contribution is 2.28. The van der Waals surface area contributed by atoms with E-state index in [4.69, 9.17) is 0 Å². The third-order valence-corrected chi connectivity index (χ3v) is 3.72. The van der Waals surface area contributed by atoms with Crippen LogP contribution in [0, 0.1) is 23.0 Å². The van der Waals surface area contributed by atoms with Gasteiger partial charge in [-0.3, -0.25) is 10.1 Å². The Morgan fingerprint density at radius 2 is 2.26 bits per heavy atom. The smallest absolute Gasteiger partial charge is 0.290 e. The van der Waals surface area contributed by atoms with Gasteiger partial charge in [-0.1, -0.05) is 12.8 Å². The van der Waals surface area contributed by atoms with Gasteiger partial charge >= 0.3 is 0 Å². The largest absolute Gasteiger partial charge is 0.391 e. The van der Waals surface area contributed by atoms with Gasteiger partial charge in [0.1, 0.15) is 12.0 Å². The summed E-state index contributed by atoms with van der Waals surface area (Å²) < 4.78 is 0. The van der Waals surface area contributed by atoms with E-state index in [9.17, 15) is 15.2 Å². The zero-order chi connectivity index (χ0) is 13.8. The van der Waals surface area contributed by atoms with Crippen molar-refractivity contribution in [3.63, 3.8) is 0 Å². The molecule has 0 aromatic carbocycles. The number of hydrogen-bond donors (Lipinski definition) is 2. The van der Waals surface area contributed by atoms with Crippen LogP contribution in [0.3, 0.4) is 0 Å². The number of aromatic nitrogens is 1. The molecule has 1 fully saturated rings. The molecule has 1 heterocycles. The van der Waals surface area contributed by atoms with Gasteiger partial charge in [-0.05, 0) is 31.7 Å². The van der Waals surface area contributed by atoms with Crippen molar-refractivity contribution < 1.29 is 10.0 Å². The van der Waals surface area contributed by atoms with E-state index in [-0.39, 0.29) is 11.8 Å². The Labute approximate surface area is 112 Å². The first-order chi connectivity index (χ1) is 9.08. The average Bonchev–Trinajstić information content (AvgIpc) is 2.89. The Morgan fingerprint density at radius 1 is 1.58 bits per heavy atom. The normalized spacial score (nSPS) is 17.4. The van der Waals surface area contributed by atoms with Crippen molar-refractivity contribution in [2.75, 3.05) is 11.9 Å². The summed E-state index contributed by atoms with van der Waals surface area (Å²) in [5.41, 5.74) is 0.583. The minimum Gasteiger partial charge on any atom is -0.391 e. The predicted octanol–water partition coefficient (Wildman–Crippen LogP) is 2.26. The average molecular weight is 265 g/mol. The molecule has 0 radical (unpaired) electrons. The van der Waals surface area contributed by atoms with Gasteiger partial charge < -0.3 is 10.4 Å². The first kappa shape index (κ1) is 13.7. The number of anilines is 1. The maximum atomic E-state index is 10.7. The van der Waals surface area contributed by atoms with Crippen LogP contribution in [-0.4, -0.2) is 27.7 Å². The highest BCUT2D eigenvalue weighted by atomic mass is 16.6. The molecule has 1 aromatic heterocycles. The molecule has 104 valence electrons. The van der Waals surface area contributed by atoms with E-state index in [1.54, 1.807) is 13.0 Å². The third kappa shape index (κ3) is 3.41. The lowest BCUT2D eigenvalue weighted by Gasteiger charge is -2.18. The van der Waals surface area contributed by atoms with E-state index >= 15 is 0 Å². The summed E-state index contributed by atoms with van der Waals surface area (Å²) in [6.45, 7) is 2.12. The topological polar surface area (TPSA) is 88.3 Å². The molecule has 1 aromatic rings. The van der Waals surface area contributed by atoms with Gasteiger partial charge in [0.2, 0.25) is 0 Å². The molecule has 2 rings (SSSR count). The SMILES string of the molecule is Cc1cc(NCC(O)C2CCCC2)ncc1[N+](=O)[O-]. The molecule has 0 spiro atoms. The number of aliphatic hydroxyl groups excluding tert-OH is 1. The summed E-state index contributed by atoms with van der Waals surface area (Å²) in [5.74, 6) is 0.937. The molecule has 1 aliphatic rings. The molecule has 1 atom stereocenters. The lowest BCUT2D eigenvalue weighted by atomic mass is 10.0. The lowest BCUT2D eigenvalue weighted by Crippen LogP contribution is -2.26. The van der Waals surface area contributed by atoms with Crippen LogP contribution >= 0.6 is 0 Å². The molecular weight excluding hydrogens is 246 g/mol. The quantitative estimate of drug-likeness (QED) is 0.629. The second kappa shape index (κ2) is 5.97. The van der Waals surface area contributed by atoms with E-state index in [1.165, 1.54) is 19.0 Å². The molecule has 6 heteroatoms. The Hall–Kier alpha value is -1.69. The van der Waals surface area contributed by atoms with Crippen LogP contribution in [0.1, 0.15) is 31.2 Å². The van der Waals surface area contributed by atoms with Crippen LogP contribution < -0.4 is 5.32 Å². The molecule has 6 nitrogen and oxygen atoms in total. The van der Waals surface area contributed by atoms with Crippen LogP contribution in [-0.2, 0) is 0 Å². The number of hydrogen-bond acceptors (Lipinski definition) is 5. The maximum absolute atomic E-state index is 10.7. The van der Waals surface area contributed by atoms with Gasteiger partial charge in [0.15, 0.2) is 0 Å². The molecule has 0 amide bonds. The van der Waals surface area contributed by atoms with Crippen LogP contribution in [0.2, 0.25) is 0 Å². The Morgan fingerprint density at radius 3 is 2.84 bits per heavy atom. The van der Waals surface area contributed by atoms with Crippen LogP contribution in [0.5, 0.6) is 0 Å². The molecule has 1 unspecified atom stereocenters. The van der Waals surface area contributed by atoms with E-state index in [1.807, 2.05) is 0 Å². The summed E-state index contributed by atoms with van der Waals surface area (Å²) in [6.07, 6.45) is 5.41. The van der Waals surface area contributed by atoms with Gasteiger partial charge in [0, 0.05) is 12.1 Å².